The normalized spacial score (nSPS) is 26.4. The largest absolute Gasteiger partial charge is 0.409 e. The van der Waals surface area contributed by atoms with Crippen molar-refractivity contribution in [2.24, 2.45) is 22.2 Å². The highest BCUT2D eigenvalue weighted by Gasteiger charge is 2.52. The molecule has 1 aliphatic carbocycles. The molecule has 7 nitrogen and oxygen atoms in total. The molecular weight excluding hydrogens is 258 g/mol. The van der Waals surface area contributed by atoms with Crippen molar-refractivity contribution >= 4 is 17.4 Å². The summed E-state index contributed by atoms with van der Waals surface area (Å²) >= 11 is 0. The van der Waals surface area contributed by atoms with Gasteiger partial charge in [0.25, 0.3) is 0 Å². The van der Waals surface area contributed by atoms with Crippen LogP contribution >= 0.6 is 0 Å². The number of oxime groups is 1. The Kier molecular flexibility index (Phi) is 3.69. The van der Waals surface area contributed by atoms with Gasteiger partial charge in [-0.15, -0.1) is 0 Å². The van der Waals surface area contributed by atoms with Gasteiger partial charge >= 0.3 is 0 Å². The molecule has 0 aromatic carbocycles. The van der Waals surface area contributed by atoms with Gasteiger partial charge in [0.2, 0.25) is 5.91 Å². The first-order valence-electron chi connectivity index (χ1n) is 6.72. The predicted octanol–water partition coefficient (Wildman–Crippen LogP) is 1.57. The smallest absolute Gasteiger partial charge is 0.238 e. The van der Waals surface area contributed by atoms with Crippen LogP contribution in [0, 0.1) is 11.3 Å². The molecule has 7 heteroatoms. The number of amides is 1. The maximum Gasteiger partial charge on any atom is 0.238 e. The van der Waals surface area contributed by atoms with Crippen LogP contribution in [0.3, 0.4) is 0 Å². The molecule has 2 rings (SSSR count). The summed E-state index contributed by atoms with van der Waals surface area (Å²) in [7, 11) is 0. The third-order valence-electron chi connectivity index (χ3n) is 3.81. The zero-order chi connectivity index (χ0) is 14.9. The third-order valence-corrected chi connectivity index (χ3v) is 3.81. The molecule has 1 aromatic heterocycles. The molecule has 1 aromatic rings. The lowest BCUT2D eigenvalue weighted by molar-refractivity contribution is -0.127. The van der Waals surface area contributed by atoms with E-state index in [2.05, 4.69) is 15.6 Å². The van der Waals surface area contributed by atoms with Crippen molar-refractivity contribution in [1.82, 2.24) is 9.78 Å². The molecule has 0 unspecified atom stereocenters. The molecular formula is C13H21N5O2. The number of nitrogens with zero attached hydrogens (tertiary/aromatic N) is 3. The second kappa shape index (κ2) is 5.15. The second-order valence-corrected chi connectivity index (χ2v) is 5.84. The number of hydrogen-bond donors (Lipinski definition) is 3. The molecule has 1 saturated carbocycles. The number of rotatable bonds is 4. The summed E-state index contributed by atoms with van der Waals surface area (Å²) in [6, 6.07) is 0.224. The van der Waals surface area contributed by atoms with Crippen LogP contribution in [-0.4, -0.2) is 26.7 Å². The van der Waals surface area contributed by atoms with E-state index in [0.29, 0.717) is 24.4 Å². The molecule has 0 saturated heterocycles. The van der Waals surface area contributed by atoms with E-state index in [1.807, 2.05) is 20.8 Å². The highest BCUT2D eigenvalue weighted by Crippen LogP contribution is 2.46. The zero-order valence-electron chi connectivity index (χ0n) is 12.0. The van der Waals surface area contributed by atoms with Crippen molar-refractivity contribution < 1.29 is 10.0 Å². The lowest BCUT2D eigenvalue weighted by atomic mass is 9.61. The van der Waals surface area contributed by atoms with Crippen LogP contribution in [-0.2, 0) is 4.79 Å². The van der Waals surface area contributed by atoms with Crippen molar-refractivity contribution in [2.75, 3.05) is 5.32 Å². The zero-order valence-corrected chi connectivity index (χ0v) is 12.0. The van der Waals surface area contributed by atoms with Gasteiger partial charge in [-0.25, -0.2) is 0 Å². The van der Waals surface area contributed by atoms with Crippen LogP contribution in [0.2, 0.25) is 0 Å². The number of amidine groups is 1. The van der Waals surface area contributed by atoms with E-state index in [1.54, 1.807) is 17.1 Å². The minimum Gasteiger partial charge on any atom is -0.409 e. The van der Waals surface area contributed by atoms with E-state index in [1.165, 1.54) is 0 Å². The molecule has 0 spiro atoms. The van der Waals surface area contributed by atoms with Gasteiger partial charge in [0.1, 0.15) is 5.41 Å². The first-order chi connectivity index (χ1) is 9.39. The number of aromatic nitrogens is 2. The highest BCUT2D eigenvalue weighted by molar-refractivity contribution is 6.12. The van der Waals surface area contributed by atoms with Crippen LogP contribution < -0.4 is 11.1 Å². The van der Waals surface area contributed by atoms with Crippen LogP contribution in [0.1, 0.15) is 39.7 Å². The van der Waals surface area contributed by atoms with E-state index >= 15 is 0 Å². The summed E-state index contributed by atoms with van der Waals surface area (Å²) in [4.78, 5) is 12.4. The fourth-order valence-electron chi connectivity index (χ4n) is 2.67. The van der Waals surface area contributed by atoms with Crippen LogP contribution in [0.5, 0.6) is 0 Å². The summed E-state index contributed by atoms with van der Waals surface area (Å²) in [6.45, 7) is 6.04. The van der Waals surface area contributed by atoms with Crippen molar-refractivity contribution in [2.45, 2.75) is 39.7 Å². The Morgan fingerprint density at radius 3 is 2.75 bits per heavy atom. The van der Waals surface area contributed by atoms with Gasteiger partial charge < -0.3 is 16.3 Å². The van der Waals surface area contributed by atoms with Gasteiger partial charge in [-0.3, -0.25) is 9.48 Å². The standard InChI is InChI=1S/C13H21N5O2/c1-8(2)18-7-10(6-15-18)16-12(19)13(11(14)17-20)4-9(3)5-13/h6-9,20H,4-5H2,1-3H3,(H2,14,17)(H,16,19). The summed E-state index contributed by atoms with van der Waals surface area (Å²) in [5.74, 6) is 0.123. The molecule has 1 amide bonds. The lowest BCUT2D eigenvalue weighted by Gasteiger charge is -2.43. The number of nitrogens with two attached hydrogens (primary N) is 1. The molecule has 1 fully saturated rings. The average Bonchev–Trinajstić information content (AvgIpc) is 2.82. The second-order valence-electron chi connectivity index (χ2n) is 5.84. The fourth-order valence-corrected chi connectivity index (χ4v) is 2.67. The van der Waals surface area contributed by atoms with Crippen molar-refractivity contribution in [3.05, 3.63) is 12.4 Å². The first-order valence-corrected chi connectivity index (χ1v) is 6.72. The summed E-state index contributed by atoms with van der Waals surface area (Å²) < 4.78 is 1.76. The van der Waals surface area contributed by atoms with Crippen LogP contribution in [0.25, 0.3) is 0 Å². The van der Waals surface area contributed by atoms with E-state index in [9.17, 15) is 4.79 Å². The van der Waals surface area contributed by atoms with Crippen molar-refractivity contribution in [3.63, 3.8) is 0 Å². The molecule has 1 heterocycles. The molecule has 0 atom stereocenters. The number of nitrogens with one attached hydrogen (secondary N) is 1. The molecule has 20 heavy (non-hydrogen) atoms. The summed E-state index contributed by atoms with van der Waals surface area (Å²) in [6.07, 6.45) is 4.55. The molecule has 0 bridgehead atoms. The van der Waals surface area contributed by atoms with Gasteiger partial charge in [-0.05, 0) is 32.6 Å². The van der Waals surface area contributed by atoms with Crippen LogP contribution in [0.15, 0.2) is 17.5 Å². The average molecular weight is 279 g/mol. The van der Waals surface area contributed by atoms with Gasteiger partial charge in [-0.1, -0.05) is 12.1 Å². The Morgan fingerprint density at radius 1 is 1.65 bits per heavy atom. The molecule has 0 aliphatic heterocycles. The van der Waals surface area contributed by atoms with Gasteiger partial charge in [0.05, 0.1) is 11.9 Å². The van der Waals surface area contributed by atoms with E-state index < -0.39 is 5.41 Å². The van der Waals surface area contributed by atoms with Gasteiger partial charge in [-0.2, -0.15) is 5.10 Å². The number of carbonyl (C=O) groups excluding carboxylic acids is 1. The Hall–Kier alpha value is -2.05. The molecule has 0 radical (unpaired) electrons. The molecule has 1 aliphatic rings. The van der Waals surface area contributed by atoms with E-state index in [-0.39, 0.29) is 17.8 Å². The summed E-state index contributed by atoms with van der Waals surface area (Å²) in [5, 5.41) is 18.9. The number of hydrogen-bond acceptors (Lipinski definition) is 4. The third kappa shape index (κ3) is 2.35. The first kappa shape index (κ1) is 14.4. The van der Waals surface area contributed by atoms with E-state index in [0.717, 1.165) is 0 Å². The minimum atomic E-state index is -0.895. The SMILES string of the molecule is CC1CC(C(=O)Nc2cnn(C(C)C)c2)(/C(N)=N/O)C1. The lowest BCUT2D eigenvalue weighted by Crippen LogP contribution is -2.54. The van der Waals surface area contributed by atoms with Crippen molar-refractivity contribution in [3.8, 4) is 0 Å². The monoisotopic (exact) mass is 279 g/mol. The van der Waals surface area contributed by atoms with Crippen molar-refractivity contribution in [1.29, 1.82) is 0 Å². The Morgan fingerprint density at radius 2 is 2.30 bits per heavy atom. The topological polar surface area (TPSA) is 106 Å². The van der Waals surface area contributed by atoms with E-state index in [4.69, 9.17) is 10.9 Å². The maximum absolute atomic E-state index is 12.4. The van der Waals surface area contributed by atoms with Crippen LogP contribution in [0.4, 0.5) is 5.69 Å². The molecule has 4 N–H and O–H groups in total. The predicted molar refractivity (Wildman–Crippen MR) is 75.5 cm³/mol. The minimum absolute atomic E-state index is 0.0237. The highest BCUT2D eigenvalue weighted by atomic mass is 16.4. The Bertz CT molecular complexity index is 529. The fraction of sp³-hybridized carbons (Fsp3) is 0.615. The maximum atomic E-state index is 12.4. The Labute approximate surface area is 117 Å². The van der Waals surface area contributed by atoms with Gasteiger partial charge in [0, 0.05) is 12.2 Å². The van der Waals surface area contributed by atoms with Gasteiger partial charge in [0.15, 0.2) is 5.84 Å². The Balaban J connectivity index is 2.13. The summed E-state index contributed by atoms with van der Waals surface area (Å²) in [5.41, 5.74) is 5.43. The molecule has 110 valence electrons. The number of anilines is 1. The number of carbonyl (C=O) groups is 1. The quantitative estimate of drug-likeness (QED) is 0.336.